The summed E-state index contributed by atoms with van der Waals surface area (Å²) in [6.07, 6.45) is 2.46. The van der Waals surface area contributed by atoms with Crippen molar-refractivity contribution in [2.45, 2.75) is 75.1 Å². The lowest BCUT2D eigenvalue weighted by atomic mass is 9.96. The van der Waals surface area contributed by atoms with Gasteiger partial charge in [0.25, 0.3) is 0 Å². The number of sulfonamides is 1. The number of piperazine rings is 1. The van der Waals surface area contributed by atoms with E-state index in [0.29, 0.717) is 0 Å². The lowest BCUT2D eigenvalue weighted by molar-refractivity contribution is -0.169. The molecule has 1 aliphatic carbocycles. The van der Waals surface area contributed by atoms with E-state index in [-0.39, 0.29) is 58.2 Å². The van der Waals surface area contributed by atoms with E-state index in [4.69, 9.17) is 23.2 Å². The van der Waals surface area contributed by atoms with Crippen LogP contribution in [-0.2, 0) is 30.8 Å². The third-order valence-electron chi connectivity index (χ3n) is 8.32. The number of nitrogens with zero attached hydrogens (tertiary/aromatic N) is 3. The molecule has 2 aromatic carbocycles. The van der Waals surface area contributed by atoms with Gasteiger partial charge in [-0.3, -0.25) is 14.4 Å². The quantitative estimate of drug-likeness (QED) is 0.460. The molecule has 3 fully saturated rings. The summed E-state index contributed by atoms with van der Waals surface area (Å²) < 4.78 is 30.6. The highest BCUT2D eigenvalue weighted by Crippen LogP contribution is 2.35. The van der Waals surface area contributed by atoms with Crippen LogP contribution in [0.1, 0.15) is 45.1 Å². The summed E-state index contributed by atoms with van der Waals surface area (Å²) in [5, 5.41) is 3.06. The van der Waals surface area contributed by atoms with Gasteiger partial charge in [-0.2, -0.15) is 4.31 Å². The van der Waals surface area contributed by atoms with Gasteiger partial charge >= 0.3 is 0 Å². The highest BCUT2D eigenvalue weighted by molar-refractivity contribution is 9.10. The van der Waals surface area contributed by atoms with Crippen molar-refractivity contribution in [2.75, 3.05) is 13.1 Å². The number of carbonyl (C=O) groups is 3. The Balaban J connectivity index is 1.59. The number of fused-ring (bicyclic) bond motifs is 1. The number of amides is 3. The van der Waals surface area contributed by atoms with Gasteiger partial charge in [-0.15, -0.1) is 0 Å². The van der Waals surface area contributed by atoms with Crippen LogP contribution in [0.25, 0.3) is 0 Å². The van der Waals surface area contributed by atoms with Crippen LogP contribution in [0.4, 0.5) is 0 Å². The van der Waals surface area contributed by atoms with Gasteiger partial charge in [0.05, 0.1) is 11.6 Å². The maximum Gasteiger partial charge on any atom is 0.248 e. The Morgan fingerprint density at radius 3 is 2.31 bits per heavy atom. The molecule has 3 amide bonds. The molecule has 3 atom stereocenters. The van der Waals surface area contributed by atoms with Crippen molar-refractivity contribution in [3.8, 4) is 0 Å². The first-order valence-corrected chi connectivity index (χ1v) is 17.0. The molecule has 0 bridgehead atoms. The standard InChI is InChI=1S/C29H33BrCl2N4O5S/c1-17(2)34-16-26-35(42(40,41)25-12-11-21(31)14-22(25)32)15-23(33-27(37)19-5-3-4-6-19)28(38)36(26)24(29(34)39)13-18-7-9-20(30)10-8-18/h7-12,14,17,19,23-24,26H,3-6,13,15-16H2,1-2H3,(H,33,37). The van der Waals surface area contributed by atoms with E-state index < -0.39 is 34.2 Å². The number of halogens is 3. The summed E-state index contributed by atoms with van der Waals surface area (Å²) in [4.78, 5) is 44.1. The fraction of sp³-hybridized carbons (Fsp3) is 0.483. The Kier molecular flexibility index (Phi) is 9.25. The summed E-state index contributed by atoms with van der Waals surface area (Å²) in [5.41, 5.74) is 0.806. The molecule has 3 aliphatic rings. The molecule has 0 radical (unpaired) electrons. The fourth-order valence-electron chi connectivity index (χ4n) is 6.11. The number of benzene rings is 2. The molecule has 13 heteroatoms. The molecule has 1 N–H and O–H groups in total. The smallest absolute Gasteiger partial charge is 0.248 e. The summed E-state index contributed by atoms with van der Waals surface area (Å²) >= 11 is 15.9. The van der Waals surface area contributed by atoms with Crippen molar-refractivity contribution < 1.29 is 22.8 Å². The van der Waals surface area contributed by atoms with Gasteiger partial charge in [-0.1, -0.05) is 64.1 Å². The van der Waals surface area contributed by atoms with Crippen LogP contribution >= 0.6 is 39.1 Å². The summed E-state index contributed by atoms with van der Waals surface area (Å²) in [7, 11) is -4.31. The molecule has 3 unspecified atom stereocenters. The number of carbonyl (C=O) groups excluding carboxylic acids is 3. The van der Waals surface area contributed by atoms with E-state index in [2.05, 4.69) is 21.2 Å². The maximum absolute atomic E-state index is 14.3. The van der Waals surface area contributed by atoms with Crippen molar-refractivity contribution >= 4 is 66.9 Å². The number of hydrogen-bond acceptors (Lipinski definition) is 5. The van der Waals surface area contributed by atoms with Crippen LogP contribution in [0.2, 0.25) is 10.0 Å². The van der Waals surface area contributed by atoms with Crippen molar-refractivity contribution in [3.63, 3.8) is 0 Å². The van der Waals surface area contributed by atoms with Crippen molar-refractivity contribution in [3.05, 3.63) is 62.5 Å². The molecule has 226 valence electrons. The molecule has 0 spiro atoms. The van der Waals surface area contributed by atoms with Gasteiger partial charge < -0.3 is 15.1 Å². The number of hydrogen-bond donors (Lipinski definition) is 1. The van der Waals surface area contributed by atoms with Gasteiger partial charge in [0.1, 0.15) is 23.1 Å². The van der Waals surface area contributed by atoms with Crippen LogP contribution in [0.3, 0.4) is 0 Å². The minimum atomic E-state index is -4.31. The molecular weight excluding hydrogens is 667 g/mol. The zero-order chi connectivity index (χ0) is 30.3. The normalized spacial score (nSPS) is 23.9. The molecule has 5 rings (SSSR count). The average Bonchev–Trinajstić information content (AvgIpc) is 3.47. The Morgan fingerprint density at radius 1 is 1.02 bits per heavy atom. The van der Waals surface area contributed by atoms with Gasteiger partial charge in [0.15, 0.2) is 0 Å². The number of rotatable bonds is 7. The SMILES string of the molecule is CC(C)N1CC2N(C(=O)C(NC(=O)C3CCCC3)CN2S(=O)(=O)c2ccc(Cl)cc2Cl)C(Cc2ccc(Br)cc2)C1=O. The highest BCUT2D eigenvalue weighted by Gasteiger charge is 2.54. The largest absolute Gasteiger partial charge is 0.343 e. The minimum Gasteiger partial charge on any atom is -0.343 e. The molecule has 0 aromatic heterocycles. The van der Waals surface area contributed by atoms with E-state index in [1.54, 1.807) is 4.90 Å². The van der Waals surface area contributed by atoms with Crippen molar-refractivity contribution in [1.29, 1.82) is 0 Å². The van der Waals surface area contributed by atoms with Gasteiger partial charge in [0, 0.05) is 34.4 Å². The Morgan fingerprint density at radius 2 is 1.69 bits per heavy atom. The lowest BCUT2D eigenvalue weighted by Crippen LogP contribution is -2.76. The van der Waals surface area contributed by atoms with Crippen LogP contribution in [0, 0.1) is 5.92 Å². The molecule has 9 nitrogen and oxygen atoms in total. The van der Waals surface area contributed by atoms with E-state index in [0.717, 1.165) is 35.7 Å². The van der Waals surface area contributed by atoms with Crippen LogP contribution in [-0.4, -0.2) is 77.6 Å². The van der Waals surface area contributed by atoms with Crippen LogP contribution in [0.15, 0.2) is 51.8 Å². The first-order valence-electron chi connectivity index (χ1n) is 14.0. The van der Waals surface area contributed by atoms with Gasteiger partial charge in [-0.05, 0) is 62.6 Å². The predicted molar refractivity (Wildman–Crippen MR) is 163 cm³/mol. The Bertz CT molecular complexity index is 1480. The second-order valence-electron chi connectivity index (χ2n) is 11.3. The monoisotopic (exact) mass is 698 g/mol. The molecule has 42 heavy (non-hydrogen) atoms. The summed E-state index contributed by atoms with van der Waals surface area (Å²) in [6, 6.07) is 9.14. The molecule has 2 heterocycles. The third kappa shape index (κ3) is 6.08. The molecule has 2 saturated heterocycles. The van der Waals surface area contributed by atoms with Gasteiger partial charge in [-0.25, -0.2) is 8.42 Å². The molecule has 1 saturated carbocycles. The van der Waals surface area contributed by atoms with Crippen molar-refractivity contribution in [2.24, 2.45) is 5.92 Å². The molecule has 2 aliphatic heterocycles. The summed E-state index contributed by atoms with van der Waals surface area (Å²) in [5.74, 6) is -1.26. The highest BCUT2D eigenvalue weighted by atomic mass is 79.9. The fourth-order valence-corrected chi connectivity index (χ4v) is 8.71. The Hall–Kier alpha value is -2.18. The maximum atomic E-state index is 14.3. The zero-order valence-corrected chi connectivity index (χ0v) is 27.2. The zero-order valence-electron chi connectivity index (χ0n) is 23.3. The average molecular weight is 700 g/mol. The second-order valence-corrected chi connectivity index (χ2v) is 15.0. The topological polar surface area (TPSA) is 107 Å². The lowest BCUT2D eigenvalue weighted by Gasteiger charge is -2.54. The minimum absolute atomic E-state index is 0.0210. The van der Waals surface area contributed by atoms with E-state index >= 15 is 0 Å². The Labute approximate surface area is 264 Å². The predicted octanol–water partition coefficient (Wildman–Crippen LogP) is 4.45. The number of nitrogens with one attached hydrogen (secondary N) is 1. The molecule has 2 aromatic rings. The van der Waals surface area contributed by atoms with Crippen molar-refractivity contribution in [1.82, 2.24) is 19.4 Å². The van der Waals surface area contributed by atoms with E-state index in [9.17, 15) is 22.8 Å². The van der Waals surface area contributed by atoms with Crippen LogP contribution < -0.4 is 5.32 Å². The van der Waals surface area contributed by atoms with E-state index in [1.165, 1.54) is 27.4 Å². The van der Waals surface area contributed by atoms with E-state index in [1.807, 2.05) is 38.1 Å². The van der Waals surface area contributed by atoms with Crippen LogP contribution in [0.5, 0.6) is 0 Å². The first-order chi connectivity index (χ1) is 19.9. The summed E-state index contributed by atoms with van der Waals surface area (Å²) in [6.45, 7) is 3.40. The molecular formula is C29H33BrCl2N4O5S. The third-order valence-corrected chi connectivity index (χ3v) is 11.4. The van der Waals surface area contributed by atoms with Gasteiger partial charge in [0.2, 0.25) is 27.7 Å². The first kappa shape index (κ1) is 31.3. The second kappa shape index (κ2) is 12.4.